The smallest absolute Gasteiger partial charge is 0.255 e. The SMILES string of the molecule is CC1=C(C(=O)Nc2cccnc2)C(c2ccc(O)cc2)n2nc(-c3cccs3)nc2N1. The van der Waals surface area contributed by atoms with Gasteiger partial charge in [-0.25, -0.2) is 4.68 Å². The van der Waals surface area contributed by atoms with Gasteiger partial charge in [0.1, 0.15) is 11.8 Å². The largest absolute Gasteiger partial charge is 0.508 e. The monoisotopic (exact) mass is 430 g/mol. The van der Waals surface area contributed by atoms with Crippen LogP contribution in [0.3, 0.4) is 0 Å². The Morgan fingerprint density at radius 1 is 1.19 bits per heavy atom. The number of allylic oxidation sites excluding steroid dienone is 1. The molecule has 9 heteroatoms. The van der Waals surface area contributed by atoms with Crippen LogP contribution >= 0.6 is 11.3 Å². The predicted octanol–water partition coefficient (Wildman–Crippen LogP) is 4.03. The van der Waals surface area contributed by atoms with Gasteiger partial charge in [-0.2, -0.15) is 4.98 Å². The van der Waals surface area contributed by atoms with Crippen LogP contribution in [0.2, 0.25) is 0 Å². The van der Waals surface area contributed by atoms with Crippen molar-refractivity contribution in [3.8, 4) is 16.5 Å². The van der Waals surface area contributed by atoms with Crippen molar-refractivity contribution >= 4 is 28.9 Å². The highest BCUT2D eigenvalue weighted by Gasteiger charge is 2.34. The summed E-state index contributed by atoms with van der Waals surface area (Å²) in [5.41, 5.74) is 2.58. The maximum atomic E-state index is 13.3. The minimum atomic E-state index is -0.519. The second kappa shape index (κ2) is 7.69. The lowest BCUT2D eigenvalue weighted by atomic mass is 9.95. The molecule has 4 heterocycles. The lowest BCUT2D eigenvalue weighted by molar-refractivity contribution is -0.113. The summed E-state index contributed by atoms with van der Waals surface area (Å²) in [6.45, 7) is 1.84. The predicted molar refractivity (Wildman–Crippen MR) is 119 cm³/mol. The number of aromatic hydroxyl groups is 1. The number of nitrogens with zero attached hydrogens (tertiary/aromatic N) is 4. The molecule has 0 saturated carbocycles. The van der Waals surface area contributed by atoms with Gasteiger partial charge in [0.25, 0.3) is 5.91 Å². The fraction of sp³-hybridized carbons (Fsp3) is 0.0909. The summed E-state index contributed by atoms with van der Waals surface area (Å²) in [6.07, 6.45) is 3.24. The Hall–Kier alpha value is -3.98. The topological polar surface area (TPSA) is 105 Å². The molecule has 1 unspecified atom stereocenters. The van der Waals surface area contributed by atoms with Crippen LogP contribution in [-0.4, -0.2) is 30.8 Å². The van der Waals surface area contributed by atoms with Crippen LogP contribution in [0.25, 0.3) is 10.7 Å². The molecule has 1 aliphatic heterocycles. The number of rotatable bonds is 4. The Labute approximate surface area is 181 Å². The van der Waals surface area contributed by atoms with Crippen molar-refractivity contribution in [2.75, 3.05) is 10.6 Å². The first-order chi connectivity index (χ1) is 15.1. The van der Waals surface area contributed by atoms with Gasteiger partial charge in [-0.05, 0) is 48.2 Å². The van der Waals surface area contributed by atoms with Gasteiger partial charge in [0.15, 0.2) is 5.82 Å². The molecular formula is C22H18N6O2S. The Balaban J connectivity index is 1.60. The van der Waals surface area contributed by atoms with E-state index in [4.69, 9.17) is 5.10 Å². The lowest BCUT2D eigenvalue weighted by Crippen LogP contribution is -2.31. The summed E-state index contributed by atoms with van der Waals surface area (Å²) in [5, 5.41) is 22.6. The maximum absolute atomic E-state index is 13.3. The highest BCUT2D eigenvalue weighted by molar-refractivity contribution is 7.13. The van der Waals surface area contributed by atoms with E-state index < -0.39 is 6.04 Å². The van der Waals surface area contributed by atoms with E-state index >= 15 is 0 Å². The van der Waals surface area contributed by atoms with Gasteiger partial charge in [-0.15, -0.1) is 16.4 Å². The summed E-state index contributed by atoms with van der Waals surface area (Å²) in [6, 6.07) is 13.7. The quantitative estimate of drug-likeness (QED) is 0.451. The van der Waals surface area contributed by atoms with Crippen LogP contribution in [0.5, 0.6) is 5.75 Å². The van der Waals surface area contributed by atoms with Gasteiger partial charge in [0.2, 0.25) is 5.95 Å². The molecule has 1 aliphatic rings. The first-order valence-electron chi connectivity index (χ1n) is 9.58. The standard InChI is InChI=1S/C22H18N6O2S/c1-13-18(21(30)25-15-4-2-10-23-12-15)19(14-6-8-16(29)9-7-14)28-22(24-13)26-20(27-28)17-5-3-11-31-17/h2-12,19,29H,1H3,(H,25,30)(H,24,26,27). The number of benzene rings is 1. The third-order valence-electron chi connectivity index (χ3n) is 4.97. The van der Waals surface area contributed by atoms with Crippen molar-refractivity contribution in [3.05, 3.63) is 83.1 Å². The Bertz CT molecular complexity index is 1260. The van der Waals surface area contributed by atoms with Gasteiger partial charge in [0.05, 0.1) is 22.3 Å². The zero-order valence-corrected chi connectivity index (χ0v) is 17.3. The Morgan fingerprint density at radius 2 is 2.03 bits per heavy atom. The van der Waals surface area contributed by atoms with E-state index in [2.05, 4.69) is 20.6 Å². The second-order valence-corrected chi connectivity index (χ2v) is 7.98. The third-order valence-corrected chi connectivity index (χ3v) is 5.83. The Kier molecular flexibility index (Phi) is 4.72. The number of hydrogen-bond donors (Lipinski definition) is 3. The van der Waals surface area contributed by atoms with E-state index in [1.54, 1.807) is 64.8 Å². The molecule has 4 aromatic rings. The lowest BCUT2D eigenvalue weighted by Gasteiger charge is -2.28. The zero-order chi connectivity index (χ0) is 21.4. The number of aromatic nitrogens is 4. The van der Waals surface area contributed by atoms with Crippen LogP contribution in [0.1, 0.15) is 18.5 Å². The normalized spacial score (nSPS) is 15.3. The summed E-state index contributed by atoms with van der Waals surface area (Å²) >= 11 is 1.55. The number of thiophene rings is 1. The fourth-order valence-corrected chi connectivity index (χ4v) is 4.21. The van der Waals surface area contributed by atoms with Crippen molar-refractivity contribution in [1.29, 1.82) is 0 Å². The molecule has 1 atom stereocenters. The molecule has 0 saturated heterocycles. The molecule has 0 radical (unpaired) electrons. The van der Waals surface area contributed by atoms with Crippen LogP contribution in [0, 0.1) is 0 Å². The van der Waals surface area contributed by atoms with E-state index in [9.17, 15) is 9.90 Å². The fourth-order valence-electron chi connectivity index (χ4n) is 3.56. The average Bonchev–Trinajstić information content (AvgIpc) is 3.44. The number of pyridine rings is 1. The third kappa shape index (κ3) is 3.55. The summed E-state index contributed by atoms with van der Waals surface area (Å²) < 4.78 is 1.71. The number of nitrogens with one attached hydrogen (secondary N) is 2. The first-order valence-corrected chi connectivity index (χ1v) is 10.5. The average molecular weight is 430 g/mol. The molecule has 0 fully saturated rings. The molecule has 0 spiro atoms. The van der Waals surface area contributed by atoms with E-state index in [1.165, 1.54) is 0 Å². The molecule has 5 rings (SSSR count). The van der Waals surface area contributed by atoms with Gasteiger partial charge >= 0.3 is 0 Å². The number of hydrogen-bond acceptors (Lipinski definition) is 7. The van der Waals surface area contributed by atoms with E-state index in [0.29, 0.717) is 28.7 Å². The van der Waals surface area contributed by atoms with E-state index in [0.717, 1.165) is 10.4 Å². The van der Waals surface area contributed by atoms with E-state index in [-0.39, 0.29) is 11.7 Å². The van der Waals surface area contributed by atoms with Gasteiger partial charge in [0, 0.05) is 11.9 Å². The number of phenolic OH excluding ortho intramolecular Hbond substituents is 1. The molecular weight excluding hydrogens is 412 g/mol. The zero-order valence-electron chi connectivity index (χ0n) is 16.5. The molecule has 0 aliphatic carbocycles. The van der Waals surface area contributed by atoms with Crippen molar-refractivity contribution in [2.24, 2.45) is 0 Å². The number of fused-ring (bicyclic) bond motifs is 1. The minimum absolute atomic E-state index is 0.151. The molecule has 154 valence electrons. The summed E-state index contributed by atoms with van der Waals surface area (Å²) in [4.78, 5) is 23.0. The van der Waals surface area contributed by atoms with Gasteiger partial charge < -0.3 is 15.7 Å². The molecule has 1 amide bonds. The number of carbonyl (C=O) groups excluding carboxylic acids is 1. The molecule has 1 aromatic carbocycles. The maximum Gasteiger partial charge on any atom is 0.255 e. The Morgan fingerprint density at radius 3 is 2.74 bits per heavy atom. The van der Waals surface area contributed by atoms with Gasteiger partial charge in [-0.3, -0.25) is 9.78 Å². The number of anilines is 2. The van der Waals surface area contributed by atoms with Crippen molar-refractivity contribution in [3.63, 3.8) is 0 Å². The van der Waals surface area contributed by atoms with E-state index in [1.807, 2.05) is 24.4 Å². The number of carbonyl (C=O) groups is 1. The molecule has 0 bridgehead atoms. The van der Waals surface area contributed by atoms with Crippen molar-refractivity contribution in [2.45, 2.75) is 13.0 Å². The van der Waals surface area contributed by atoms with Gasteiger partial charge in [-0.1, -0.05) is 18.2 Å². The van der Waals surface area contributed by atoms with Crippen LogP contribution in [0.15, 0.2) is 77.6 Å². The molecule has 31 heavy (non-hydrogen) atoms. The van der Waals surface area contributed by atoms with Crippen LogP contribution in [0.4, 0.5) is 11.6 Å². The molecule has 3 aromatic heterocycles. The van der Waals surface area contributed by atoms with Crippen molar-refractivity contribution in [1.82, 2.24) is 19.7 Å². The highest BCUT2D eigenvalue weighted by atomic mass is 32.1. The second-order valence-electron chi connectivity index (χ2n) is 7.03. The minimum Gasteiger partial charge on any atom is -0.508 e. The van der Waals surface area contributed by atoms with Crippen molar-refractivity contribution < 1.29 is 9.90 Å². The summed E-state index contributed by atoms with van der Waals surface area (Å²) in [5.74, 6) is 1.02. The summed E-state index contributed by atoms with van der Waals surface area (Å²) in [7, 11) is 0. The van der Waals surface area contributed by atoms with Crippen LogP contribution < -0.4 is 10.6 Å². The highest BCUT2D eigenvalue weighted by Crippen LogP contribution is 2.37. The molecule has 3 N–H and O–H groups in total. The first kappa shape index (κ1) is 19.0. The number of amides is 1. The molecule has 8 nitrogen and oxygen atoms in total. The number of phenols is 1. The van der Waals surface area contributed by atoms with Crippen LogP contribution in [-0.2, 0) is 4.79 Å².